The van der Waals surface area contributed by atoms with Gasteiger partial charge in [0, 0.05) is 20.3 Å². The predicted octanol–water partition coefficient (Wildman–Crippen LogP) is 4.25. The van der Waals surface area contributed by atoms with Gasteiger partial charge in [-0.2, -0.15) is 12.6 Å². The average Bonchev–Trinajstić information content (AvgIpc) is 2.90. The third-order valence-corrected chi connectivity index (χ3v) is 10.7. The summed E-state index contributed by atoms with van der Waals surface area (Å²) in [6.45, 7) is 9.30. The lowest BCUT2D eigenvalue weighted by molar-refractivity contribution is -0.149. The van der Waals surface area contributed by atoms with Crippen LogP contribution in [0.1, 0.15) is 79.6 Å². The van der Waals surface area contributed by atoms with Crippen LogP contribution in [0.2, 0.25) is 0 Å². The summed E-state index contributed by atoms with van der Waals surface area (Å²) in [5.41, 5.74) is 1.35. The molecule has 0 aromatic heterocycles. The first-order valence-corrected chi connectivity index (χ1v) is 12.3. The summed E-state index contributed by atoms with van der Waals surface area (Å²) in [4.78, 5) is 36.3. The predicted molar refractivity (Wildman–Crippen MR) is 123 cm³/mol. The molecule has 3 saturated carbocycles. The fourth-order valence-corrected chi connectivity index (χ4v) is 8.52. The molecular formula is C25H37NO4S. The summed E-state index contributed by atoms with van der Waals surface area (Å²) in [6.07, 6.45) is 9.04. The molecule has 4 aliphatic carbocycles. The summed E-state index contributed by atoms with van der Waals surface area (Å²) in [7, 11) is 0. The van der Waals surface area contributed by atoms with Gasteiger partial charge in [0.05, 0.1) is 10.8 Å². The van der Waals surface area contributed by atoms with Gasteiger partial charge in [-0.15, -0.1) is 0 Å². The zero-order valence-electron chi connectivity index (χ0n) is 19.5. The highest BCUT2D eigenvalue weighted by molar-refractivity contribution is 7.83. The number of esters is 1. The van der Waals surface area contributed by atoms with E-state index in [1.807, 2.05) is 0 Å². The Bertz CT molecular complexity index is 839. The van der Waals surface area contributed by atoms with Gasteiger partial charge in [-0.25, -0.2) is 0 Å². The van der Waals surface area contributed by atoms with Crippen molar-refractivity contribution in [3.63, 3.8) is 0 Å². The van der Waals surface area contributed by atoms with Crippen molar-refractivity contribution in [2.45, 2.75) is 96.5 Å². The zero-order valence-corrected chi connectivity index (χ0v) is 20.4. The second-order valence-corrected chi connectivity index (χ2v) is 11.7. The van der Waals surface area contributed by atoms with Crippen molar-refractivity contribution in [3.05, 3.63) is 11.6 Å². The van der Waals surface area contributed by atoms with Gasteiger partial charge in [0.15, 0.2) is 0 Å². The number of thiol groups is 1. The van der Waals surface area contributed by atoms with E-state index in [2.05, 4.69) is 25.2 Å². The Morgan fingerprint density at radius 1 is 1.10 bits per heavy atom. The van der Waals surface area contributed by atoms with E-state index in [1.54, 1.807) is 6.92 Å². The lowest BCUT2D eigenvalue weighted by Crippen LogP contribution is -2.59. The van der Waals surface area contributed by atoms with E-state index in [0.29, 0.717) is 17.8 Å². The van der Waals surface area contributed by atoms with Gasteiger partial charge >= 0.3 is 5.97 Å². The minimum Gasteiger partial charge on any atom is -0.462 e. The van der Waals surface area contributed by atoms with Crippen LogP contribution in [0.3, 0.4) is 0 Å². The first-order valence-electron chi connectivity index (χ1n) is 11.8. The quantitative estimate of drug-likeness (QED) is 0.385. The second kappa shape index (κ2) is 7.64. The number of fused-ring (bicyclic) bond motifs is 5. The van der Waals surface area contributed by atoms with E-state index in [-0.39, 0.29) is 40.6 Å². The zero-order chi connectivity index (χ0) is 22.8. The highest BCUT2D eigenvalue weighted by atomic mass is 32.1. The maximum atomic E-state index is 12.9. The van der Waals surface area contributed by atoms with Crippen molar-refractivity contribution < 1.29 is 19.1 Å². The molecule has 31 heavy (non-hydrogen) atoms. The summed E-state index contributed by atoms with van der Waals surface area (Å²) in [6, 6.07) is -0.225. The molecule has 5 nitrogen and oxygen atoms in total. The maximum absolute atomic E-state index is 12.9. The van der Waals surface area contributed by atoms with Gasteiger partial charge in [0.25, 0.3) is 0 Å². The van der Waals surface area contributed by atoms with E-state index in [9.17, 15) is 14.4 Å². The van der Waals surface area contributed by atoms with Crippen LogP contribution in [0, 0.1) is 28.6 Å². The van der Waals surface area contributed by atoms with Crippen molar-refractivity contribution in [1.82, 2.24) is 5.32 Å². The number of ketones is 1. The van der Waals surface area contributed by atoms with Gasteiger partial charge in [-0.1, -0.05) is 25.5 Å². The molecule has 3 fully saturated rings. The van der Waals surface area contributed by atoms with E-state index in [1.165, 1.54) is 19.4 Å². The Kier molecular flexibility index (Phi) is 5.64. The van der Waals surface area contributed by atoms with Crippen LogP contribution in [0.4, 0.5) is 0 Å². The number of carbonyl (C=O) groups is 3. The molecule has 4 rings (SSSR count). The lowest BCUT2D eigenvalue weighted by atomic mass is 9.47. The smallest absolute Gasteiger partial charge is 0.302 e. The summed E-state index contributed by atoms with van der Waals surface area (Å²) < 4.78 is 4.72. The summed E-state index contributed by atoms with van der Waals surface area (Å²) in [5, 5.41) is 3.08. The highest BCUT2D eigenvalue weighted by Gasteiger charge is 2.68. The van der Waals surface area contributed by atoms with Crippen molar-refractivity contribution in [1.29, 1.82) is 0 Å². The fraction of sp³-hybridized carbons (Fsp3) is 0.800. The molecule has 0 radical (unpaired) electrons. The summed E-state index contributed by atoms with van der Waals surface area (Å²) in [5.74, 6) is 1.18. The SMILES string of the molecule is CC(=O)N[C@@H]1CC2C3CC=C4C[C@@H](OC(C)=O)CC[C@]4(C)C3CC[C@]2(C)[C@]1(S)C(C)=O. The third-order valence-electron chi connectivity index (χ3n) is 9.56. The van der Waals surface area contributed by atoms with Gasteiger partial charge in [-0.3, -0.25) is 14.4 Å². The minimum atomic E-state index is -0.827. The first-order chi connectivity index (χ1) is 14.4. The van der Waals surface area contributed by atoms with Gasteiger partial charge in [0.2, 0.25) is 5.91 Å². The van der Waals surface area contributed by atoms with Crippen LogP contribution in [0.25, 0.3) is 0 Å². The summed E-state index contributed by atoms with van der Waals surface area (Å²) >= 11 is 5.04. The molecule has 0 heterocycles. The maximum Gasteiger partial charge on any atom is 0.302 e. The topological polar surface area (TPSA) is 72.5 Å². The van der Waals surface area contributed by atoms with Crippen molar-refractivity contribution >= 4 is 30.3 Å². The Balaban J connectivity index is 1.65. The molecule has 8 atom stereocenters. The third kappa shape index (κ3) is 3.30. The van der Waals surface area contributed by atoms with E-state index >= 15 is 0 Å². The van der Waals surface area contributed by atoms with Gasteiger partial charge in [0.1, 0.15) is 11.9 Å². The molecule has 0 saturated heterocycles. The van der Waals surface area contributed by atoms with Crippen LogP contribution < -0.4 is 5.32 Å². The second-order valence-electron chi connectivity index (χ2n) is 11.0. The lowest BCUT2D eigenvalue weighted by Gasteiger charge is -2.59. The largest absolute Gasteiger partial charge is 0.462 e. The molecule has 3 unspecified atom stereocenters. The number of hydrogen-bond donors (Lipinski definition) is 2. The van der Waals surface area contributed by atoms with E-state index in [4.69, 9.17) is 17.4 Å². The Labute approximate surface area is 191 Å². The number of hydrogen-bond acceptors (Lipinski definition) is 5. The molecule has 0 spiro atoms. The number of amides is 1. The van der Waals surface area contributed by atoms with Gasteiger partial charge < -0.3 is 10.1 Å². The minimum absolute atomic E-state index is 0.000614. The van der Waals surface area contributed by atoms with Crippen LogP contribution in [0.5, 0.6) is 0 Å². The molecule has 1 N–H and O–H groups in total. The Morgan fingerprint density at radius 3 is 2.42 bits per heavy atom. The molecular weight excluding hydrogens is 410 g/mol. The van der Waals surface area contributed by atoms with Crippen molar-refractivity contribution in [2.75, 3.05) is 0 Å². The highest BCUT2D eigenvalue weighted by Crippen LogP contribution is 2.68. The van der Waals surface area contributed by atoms with Crippen molar-refractivity contribution in [2.24, 2.45) is 28.6 Å². The van der Waals surface area contributed by atoms with Gasteiger partial charge in [-0.05, 0) is 74.0 Å². The standard InChI is InChI=1S/C25H37NO4S/c1-14(27)25(31)22(26-15(2)28)13-21-19-7-6-17-12-18(30-16(3)29)8-10-23(17,4)20(19)9-11-24(21,25)5/h6,18-22,31H,7-13H2,1-5H3,(H,26,28)/t18-,19?,20?,21?,22+,23-,24-,25-/m0/s1. The number of Topliss-reactive ketones (excluding diaryl/α,β-unsaturated/α-hetero) is 1. The molecule has 1 amide bonds. The molecule has 0 bridgehead atoms. The average molecular weight is 448 g/mol. The molecule has 4 aliphatic rings. The monoisotopic (exact) mass is 447 g/mol. The molecule has 6 heteroatoms. The van der Waals surface area contributed by atoms with Crippen LogP contribution in [0.15, 0.2) is 11.6 Å². The number of nitrogens with one attached hydrogen (secondary N) is 1. The Morgan fingerprint density at radius 2 is 1.81 bits per heavy atom. The number of allylic oxidation sites excluding steroid dienone is 1. The van der Waals surface area contributed by atoms with E-state index < -0.39 is 4.75 Å². The number of rotatable bonds is 3. The number of ether oxygens (including phenoxy) is 1. The number of carbonyl (C=O) groups excluding carboxylic acids is 3. The molecule has 0 aromatic carbocycles. The fourth-order valence-electron chi connectivity index (χ4n) is 8.07. The Hall–Kier alpha value is -1.30. The van der Waals surface area contributed by atoms with Crippen LogP contribution in [-0.2, 0) is 19.1 Å². The molecule has 172 valence electrons. The van der Waals surface area contributed by atoms with Crippen molar-refractivity contribution in [3.8, 4) is 0 Å². The first kappa shape index (κ1) is 22.9. The molecule has 0 aliphatic heterocycles. The van der Waals surface area contributed by atoms with Crippen LogP contribution in [-0.4, -0.2) is 34.6 Å². The normalized spacial score (nSPS) is 46.1. The van der Waals surface area contributed by atoms with Crippen LogP contribution >= 0.6 is 12.6 Å². The molecule has 0 aromatic rings. The van der Waals surface area contributed by atoms with E-state index in [0.717, 1.165) is 44.9 Å².